The van der Waals surface area contributed by atoms with Crippen molar-refractivity contribution >= 4 is 39.3 Å². The van der Waals surface area contributed by atoms with E-state index in [4.69, 9.17) is 11.6 Å². The van der Waals surface area contributed by atoms with Gasteiger partial charge in [-0.15, -0.1) is 0 Å². The molecule has 0 aromatic heterocycles. The van der Waals surface area contributed by atoms with Gasteiger partial charge in [-0.2, -0.15) is 0 Å². The molecule has 1 atom stereocenters. The average molecular weight is 582 g/mol. The van der Waals surface area contributed by atoms with Gasteiger partial charge in [-0.05, 0) is 56.2 Å². The molecule has 1 aliphatic heterocycles. The summed E-state index contributed by atoms with van der Waals surface area (Å²) in [5, 5.41) is 3.52. The number of halogens is 1. The van der Waals surface area contributed by atoms with Crippen LogP contribution in [0.1, 0.15) is 48.7 Å². The molecule has 8 nitrogen and oxygen atoms in total. The lowest BCUT2D eigenvalue weighted by atomic mass is 10.0. The number of nitrogens with zero attached hydrogens (tertiary/aromatic N) is 2. The SMILES string of the molecule is CC(C)(C)NC(=O)[C@H](Cc1ccccc1)N(Cc1ccc(Cl)cc1)C(=O)CCN1C(=O)c2ccccc2S1(=O)=O. The lowest BCUT2D eigenvalue weighted by molar-refractivity contribution is -0.142. The summed E-state index contributed by atoms with van der Waals surface area (Å²) in [4.78, 5) is 41.8. The number of amides is 3. The second-order valence-electron chi connectivity index (χ2n) is 10.7. The molecule has 0 bridgehead atoms. The Bertz CT molecular complexity index is 1500. The maximum absolute atomic E-state index is 13.9. The minimum Gasteiger partial charge on any atom is -0.350 e. The molecule has 1 N–H and O–H groups in total. The third-order valence-electron chi connectivity index (χ3n) is 6.48. The lowest BCUT2D eigenvalue weighted by Gasteiger charge is -2.34. The number of carbonyl (C=O) groups is 3. The van der Waals surface area contributed by atoms with Crippen molar-refractivity contribution < 1.29 is 22.8 Å². The zero-order chi connectivity index (χ0) is 29.1. The van der Waals surface area contributed by atoms with Crippen LogP contribution < -0.4 is 5.32 Å². The molecule has 210 valence electrons. The van der Waals surface area contributed by atoms with E-state index in [0.717, 1.165) is 15.4 Å². The van der Waals surface area contributed by atoms with Crippen molar-refractivity contribution in [3.8, 4) is 0 Å². The van der Waals surface area contributed by atoms with Crippen LogP contribution in [0.2, 0.25) is 5.02 Å². The molecule has 0 spiro atoms. The fraction of sp³-hybridized carbons (Fsp3) is 0.300. The molecule has 1 aliphatic rings. The highest BCUT2D eigenvalue weighted by molar-refractivity contribution is 7.90. The molecule has 1 heterocycles. The summed E-state index contributed by atoms with van der Waals surface area (Å²) in [5.74, 6) is -1.46. The maximum Gasteiger partial charge on any atom is 0.269 e. The number of sulfonamides is 1. The minimum atomic E-state index is -4.07. The predicted octanol–water partition coefficient (Wildman–Crippen LogP) is 4.43. The summed E-state index contributed by atoms with van der Waals surface area (Å²) in [6, 6.07) is 21.4. The summed E-state index contributed by atoms with van der Waals surface area (Å²) in [7, 11) is -4.07. The first-order chi connectivity index (χ1) is 18.9. The Labute approximate surface area is 240 Å². The molecule has 0 saturated heterocycles. The lowest BCUT2D eigenvalue weighted by Crippen LogP contribution is -2.54. The van der Waals surface area contributed by atoms with Gasteiger partial charge < -0.3 is 10.2 Å². The van der Waals surface area contributed by atoms with E-state index in [9.17, 15) is 22.8 Å². The molecular formula is C30H32ClN3O5S. The number of nitrogens with one attached hydrogen (secondary N) is 1. The first-order valence-corrected chi connectivity index (χ1v) is 14.7. The van der Waals surface area contributed by atoms with Gasteiger partial charge in [0.05, 0.1) is 5.56 Å². The molecule has 3 aromatic carbocycles. The van der Waals surface area contributed by atoms with E-state index in [0.29, 0.717) is 5.02 Å². The number of rotatable bonds is 9. The molecule has 3 amide bonds. The zero-order valence-electron chi connectivity index (χ0n) is 22.6. The Hall–Kier alpha value is -3.69. The van der Waals surface area contributed by atoms with E-state index < -0.39 is 33.4 Å². The van der Waals surface area contributed by atoms with Crippen LogP contribution in [-0.4, -0.2) is 53.5 Å². The molecule has 0 unspecified atom stereocenters. The smallest absolute Gasteiger partial charge is 0.269 e. The van der Waals surface area contributed by atoms with E-state index in [-0.39, 0.29) is 42.3 Å². The summed E-state index contributed by atoms with van der Waals surface area (Å²) >= 11 is 6.07. The fourth-order valence-corrected chi connectivity index (χ4v) is 6.28. The first kappa shape index (κ1) is 29.3. The van der Waals surface area contributed by atoms with Crippen LogP contribution in [0.4, 0.5) is 0 Å². The first-order valence-electron chi connectivity index (χ1n) is 12.9. The highest BCUT2D eigenvalue weighted by Gasteiger charge is 2.41. The van der Waals surface area contributed by atoms with Crippen LogP contribution in [-0.2, 0) is 32.6 Å². The summed E-state index contributed by atoms with van der Waals surface area (Å²) < 4.78 is 26.8. The fourth-order valence-electron chi connectivity index (χ4n) is 4.59. The van der Waals surface area contributed by atoms with Crippen LogP contribution in [0.5, 0.6) is 0 Å². The van der Waals surface area contributed by atoms with Gasteiger partial charge in [0.1, 0.15) is 10.9 Å². The van der Waals surface area contributed by atoms with Crippen LogP contribution in [0.25, 0.3) is 0 Å². The van der Waals surface area contributed by atoms with E-state index in [1.165, 1.54) is 17.0 Å². The molecule has 0 saturated carbocycles. The standard InChI is InChI=1S/C30H32ClN3O5S/c1-30(2,3)32-28(36)25(19-21-9-5-4-6-10-21)33(20-22-13-15-23(31)16-14-22)27(35)17-18-34-29(37)24-11-7-8-12-26(24)40(34,38)39/h4-16,25H,17-20H2,1-3H3,(H,32,36)/t25-/m0/s1. The topological polar surface area (TPSA) is 104 Å². The van der Waals surface area contributed by atoms with Crippen molar-refractivity contribution in [3.63, 3.8) is 0 Å². The molecule has 40 heavy (non-hydrogen) atoms. The summed E-state index contributed by atoms with van der Waals surface area (Å²) in [6.45, 7) is 5.32. The van der Waals surface area contributed by atoms with E-state index in [1.807, 2.05) is 51.1 Å². The Morgan fingerprint density at radius 1 is 0.925 bits per heavy atom. The van der Waals surface area contributed by atoms with E-state index in [2.05, 4.69) is 5.32 Å². The van der Waals surface area contributed by atoms with Gasteiger partial charge in [0, 0.05) is 36.5 Å². The highest BCUT2D eigenvalue weighted by Crippen LogP contribution is 2.30. The predicted molar refractivity (Wildman–Crippen MR) is 153 cm³/mol. The molecule has 0 radical (unpaired) electrons. The van der Waals surface area contributed by atoms with E-state index in [1.54, 1.807) is 36.4 Å². The van der Waals surface area contributed by atoms with Crippen molar-refractivity contribution in [1.82, 2.24) is 14.5 Å². The van der Waals surface area contributed by atoms with Crippen molar-refractivity contribution in [2.24, 2.45) is 0 Å². The quantitative estimate of drug-likeness (QED) is 0.403. The van der Waals surface area contributed by atoms with Gasteiger partial charge in [0.15, 0.2) is 0 Å². The van der Waals surface area contributed by atoms with Crippen LogP contribution in [0.15, 0.2) is 83.8 Å². The third kappa shape index (κ3) is 6.71. The molecule has 0 fully saturated rings. The second-order valence-corrected chi connectivity index (χ2v) is 13.0. The van der Waals surface area contributed by atoms with Gasteiger partial charge in [0.25, 0.3) is 15.9 Å². The van der Waals surface area contributed by atoms with E-state index >= 15 is 0 Å². The number of carbonyl (C=O) groups excluding carboxylic acids is 3. The van der Waals surface area contributed by atoms with Crippen molar-refractivity contribution in [1.29, 1.82) is 0 Å². The normalized spacial score (nSPS) is 14.9. The van der Waals surface area contributed by atoms with Gasteiger partial charge in [-0.1, -0.05) is 66.2 Å². The maximum atomic E-state index is 13.9. The van der Waals surface area contributed by atoms with Gasteiger partial charge >= 0.3 is 0 Å². The van der Waals surface area contributed by atoms with Crippen molar-refractivity contribution in [2.45, 2.75) is 56.6 Å². The van der Waals surface area contributed by atoms with Crippen LogP contribution in [0.3, 0.4) is 0 Å². The number of hydrogen-bond acceptors (Lipinski definition) is 5. The number of fused-ring (bicyclic) bond motifs is 1. The third-order valence-corrected chi connectivity index (χ3v) is 8.57. The Morgan fingerprint density at radius 3 is 2.17 bits per heavy atom. The van der Waals surface area contributed by atoms with Gasteiger partial charge in [0.2, 0.25) is 11.8 Å². The molecule has 0 aliphatic carbocycles. The Balaban J connectivity index is 1.65. The summed E-state index contributed by atoms with van der Waals surface area (Å²) in [5.41, 5.74) is 1.14. The molecular weight excluding hydrogens is 550 g/mol. The minimum absolute atomic E-state index is 0.0722. The summed E-state index contributed by atoms with van der Waals surface area (Å²) in [6.07, 6.45) is -0.0465. The second kappa shape index (κ2) is 11.8. The van der Waals surface area contributed by atoms with Crippen LogP contribution >= 0.6 is 11.6 Å². The van der Waals surface area contributed by atoms with Gasteiger partial charge in [-0.3, -0.25) is 14.4 Å². The highest BCUT2D eigenvalue weighted by atomic mass is 35.5. The average Bonchev–Trinajstić information content (AvgIpc) is 3.10. The largest absolute Gasteiger partial charge is 0.350 e. The van der Waals surface area contributed by atoms with Crippen LogP contribution in [0, 0.1) is 0 Å². The Morgan fingerprint density at radius 2 is 1.55 bits per heavy atom. The molecule has 4 rings (SSSR count). The van der Waals surface area contributed by atoms with Crippen molar-refractivity contribution in [3.05, 3.63) is 101 Å². The van der Waals surface area contributed by atoms with Crippen molar-refractivity contribution in [2.75, 3.05) is 6.54 Å². The van der Waals surface area contributed by atoms with Gasteiger partial charge in [-0.25, -0.2) is 12.7 Å². The molecule has 3 aromatic rings. The Kier molecular flexibility index (Phi) is 8.65. The molecule has 10 heteroatoms. The number of benzene rings is 3. The monoisotopic (exact) mass is 581 g/mol. The number of hydrogen-bond donors (Lipinski definition) is 1. The zero-order valence-corrected chi connectivity index (χ0v) is 24.2.